The van der Waals surface area contributed by atoms with E-state index in [4.69, 9.17) is 32.7 Å². The zero-order chi connectivity index (χ0) is 24.2. The summed E-state index contributed by atoms with van der Waals surface area (Å²) in [5.74, 6) is 0.751. The number of thioether (sulfide) groups is 1. The lowest BCUT2D eigenvalue weighted by molar-refractivity contribution is -0.123. The second-order valence-corrected chi connectivity index (χ2v) is 10.3. The fourth-order valence-corrected chi connectivity index (χ4v) is 5.36. The number of hydrogen-bond acceptors (Lipinski definition) is 5. The number of nitrogens with zero attached hydrogens (tertiary/aromatic N) is 1. The Morgan fingerprint density at radius 1 is 1.06 bits per heavy atom. The summed E-state index contributed by atoms with van der Waals surface area (Å²) >= 11 is 15.3. The summed E-state index contributed by atoms with van der Waals surface area (Å²) in [5, 5.41) is 0.859. The highest BCUT2D eigenvalue weighted by Gasteiger charge is 2.35. The number of halogens is 3. The summed E-state index contributed by atoms with van der Waals surface area (Å²) in [6, 6.07) is 18.2. The van der Waals surface area contributed by atoms with Gasteiger partial charge in [-0.1, -0.05) is 53.5 Å². The number of methoxy groups -OCH3 is 1. The Kier molecular flexibility index (Phi) is 8.08. The standard InChI is InChI=1S/C25H18Cl2INO4S/c1-32-21-11-16(10-20(28)23(21)33-14-17-6-2-3-8-19(17)27)12-22-24(30)29(25(31)34-22)13-15-5-4-7-18(26)9-15/h2-12H,13-14H2,1H3/b22-12-. The van der Waals surface area contributed by atoms with Crippen LogP contribution in [0.25, 0.3) is 6.08 Å². The predicted octanol–water partition coefficient (Wildman–Crippen LogP) is 7.42. The molecule has 0 N–H and O–H groups in total. The van der Waals surface area contributed by atoms with Crippen LogP contribution in [0.4, 0.5) is 4.79 Å². The molecule has 0 unspecified atom stereocenters. The van der Waals surface area contributed by atoms with Crippen LogP contribution in [0.3, 0.4) is 0 Å². The summed E-state index contributed by atoms with van der Waals surface area (Å²) in [6.07, 6.45) is 1.69. The normalized spacial score (nSPS) is 14.7. The molecule has 1 aliphatic rings. The Morgan fingerprint density at radius 2 is 1.85 bits per heavy atom. The number of carbonyl (C=O) groups is 2. The molecule has 34 heavy (non-hydrogen) atoms. The number of amides is 2. The summed E-state index contributed by atoms with van der Waals surface area (Å²) in [4.78, 5) is 27.0. The SMILES string of the molecule is COc1cc(/C=C2\SC(=O)N(Cc3cccc(Cl)c3)C2=O)cc(I)c1OCc1ccccc1Cl. The van der Waals surface area contributed by atoms with Gasteiger partial charge < -0.3 is 9.47 Å². The molecular formula is C25H18Cl2INO4S. The Morgan fingerprint density at radius 3 is 2.59 bits per heavy atom. The highest BCUT2D eigenvalue weighted by Crippen LogP contribution is 2.38. The van der Waals surface area contributed by atoms with Gasteiger partial charge in [0.2, 0.25) is 0 Å². The van der Waals surface area contributed by atoms with Gasteiger partial charge in [0.25, 0.3) is 11.1 Å². The molecule has 0 atom stereocenters. The van der Waals surface area contributed by atoms with E-state index in [1.54, 1.807) is 37.5 Å². The van der Waals surface area contributed by atoms with Gasteiger partial charge in [0, 0.05) is 15.6 Å². The molecule has 1 saturated heterocycles. The first kappa shape index (κ1) is 24.9. The molecule has 0 bridgehead atoms. The number of rotatable bonds is 7. The first-order valence-electron chi connectivity index (χ1n) is 10.1. The first-order valence-corrected chi connectivity index (χ1v) is 12.7. The molecule has 3 aromatic rings. The Labute approximate surface area is 225 Å². The third-order valence-electron chi connectivity index (χ3n) is 4.98. The molecule has 0 spiro atoms. The van der Waals surface area contributed by atoms with Crippen LogP contribution in [0.15, 0.2) is 65.6 Å². The Bertz CT molecular complexity index is 1300. The van der Waals surface area contributed by atoms with E-state index < -0.39 is 0 Å². The van der Waals surface area contributed by atoms with Crippen molar-refractivity contribution in [1.29, 1.82) is 0 Å². The van der Waals surface area contributed by atoms with Crippen LogP contribution in [0.1, 0.15) is 16.7 Å². The molecular weight excluding hydrogens is 608 g/mol. The predicted molar refractivity (Wildman–Crippen MR) is 144 cm³/mol. The molecule has 0 aliphatic carbocycles. The topological polar surface area (TPSA) is 55.8 Å². The summed E-state index contributed by atoms with van der Waals surface area (Å²) in [7, 11) is 1.55. The molecule has 1 fully saturated rings. The fraction of sp³-hybridized carbons (Fsp3) is 0.120. The minimum atomic E-state index is -0.344. The molecule has 0 saturated carbocycles. The summed E-state index contributed by atoms with van der Waals surface area (Å²) < 4.78 is 12.3. The molecule has 9 heteroatoms. The summed E-state index contributed by atoms with van der Waals surface area (Å²) in [5.41, 5.74) is 2.37. The fourth-order valence-electron chi connectivity index (χ4n) is 3.33. The van der Waals surface area contributed by atoms with Crippen LogP contribution in [0, 0.1) is 3.57 Å². The lowest BCUT2D eigenvalue weighted by Gasteiger charge is -2.14. The monoisotopic (exact) mass is 625 g/mol. The van der Waals surface area contributed by atoms with Crippen molar-refractivity contribution in [2.75, 3.05) is 7.11 Å². The number of hydrogen-bond donors (Lipinski definition) is 0. The minimum Gasteiger partial charge on any atom is -0.493 e. The second-order valence-electron chi connectivity index (χ2n) is 7.31. The van der Waals surface area contributed by atoms with Crippen LogP contribution in [-0.4, -0.2) is 23.2 Å². The van der Waals surface area contributed by atoms with Gasteiger partial charge in [-0.05, 0) is 81.9 Å². The maximum atomic E-state index is 12.9. The molecule has 4 rings (SSSR count). The van der Waals surface area contributed by atoms with Crippen molar-refractivity contribution in [2.45, 2.75) is 13.2 Å². The largest absolute Gasteiger partial charge is 0.493 e. The van der Waals surface area contributed by atoms with Gasteiger partial charge in [0.05, 0.1) is 22.1 Å². The summed E-state index contributed by atoms with van der Waals surface area (Å²) in [6.45, 7) is 0.450. The molecule has 1 heterocycles. The molecule has 1 aliphatic heterocycles. The highest BCUT2D eigenvalue weighted by molar-refractivity contribution is 14.1. The smallest absolute Gasteiger partial charge is 0.293 e. The first-order chi connectivity index (χ1) is 16.4. The van der Waals surface area contributed by atoms with Crippen molar-refractivity contribution >= 4 is 74.8 Å². The van der Waals surface area contributed by atoms with Crippen LogP contribution in [0.2, 0.25) is 10.0 Å². The average Bonchev–Trinajstić information content (AvgIpc) is 3.06. The van der Waals surface area contributed by atoms with Crippen molar-refractivity contribution in [3.63, 3.8) is 0 Å². The molecule has 3 aromatic carbocycles. The van der Waals surface area contributed by atoms with Gasteiger partial charge in [-0.3, -0.25) is 14.5 Å². The van der Waals surface area contributed by atoms with E-state index in [0.29, 0.717) is 26.4 Å². The van der Waals surface area contributed by atoms with Crippen molar-refractivity contribution in [3.05, 3.63) is 95.9 Å². The average molecular weight is 626 g/mol. The lowest BCUT2D eigenvalue weighted by Crippen LogP contribution is -2.27. The number of ether oxygens (including phenoxy) is 2. The van der Waals surface area contributed by atoms with Gasteiger partial charge in [0.1, 0.15) is 6.61 Å². The van der Waals surface area contributed by atoms with Gasteiger partial charge >= 0.3 is 0 Å². The van der Waals surface area contributed by atoms with Crippen molar-refractivity contribution in [1.82, 2.24) is 4.90 Å². The number of carbonyl (C=O) groups excluding carboxylic acids is 2. The van der Waals surface area contributed by atoms with E-state index in [1.807, 2.05) is 36.4 Å². The minimum absolute atomic E-state index is 0.165. The van der Waals surface area contributed by atoms with Crippen LogP contribution in [0.5, 0.6) is 11.5 Å². The van der Waals surface area contributed by atoms with Gasteiger partial charge in [-0.15, -0.1) is 0 Å². The van der Waals surface area contributed by atoms with Gasteiger partial charge in [-0.25, -0.2) is 0 Å². The maximum absolute atomic E-state index is 12.9. The zero-order valence-electron chi connectivity index (χ0n) is 17.9. The lowest BCUT2D eigenvalue weighted by atomic mass is 10.1. The van der Waals surface area contributed by atoms with Crippen LogP contribution in [-0.2, 0) is 17.9 Å². The number of benzene rings is 3. The van der Waals surface area contributed by atoms with E-state index >= 15 is 0 Å². The van der Waals surface area contributed by atoms with Gasteiger partial charge in [-0.2, -0.15) is 0 Å². The Balaban J connectivity index is 1.54. The second kappa shape index (κ2) is 11.0. The van der Waals surface area contributed by atoms with Crippen LogP contribution < -0.4 is 9.47 Å². The third-order valence-corrected chi connectivity index (χ3v) is 7.30. The number of imide groups is 1. The van der Waals surface area contributed by atoms with E-state index in [-0.39, 0.29) is 24.3 Å². The third kappa shape index (κ3) is 5.71. The molecule has 0 radical (unpaired) electrons. The maximum Gasteiger partial charge on any atom is 0.293 e. The molecule has 174 valence electrons. The van der Waals surface area contributed by atoms with Crippen molar-refractivity contribution in [2.24, 2.45) is 0 Å². The van der Waals surface area contributed by atoms with Crippen molar-refractivity contribution in [3.8, 4) is 11.5 Å². The molecule has 5 nitrogen and oxygen atoms in total. The van der Waals surface area contributed by atoms with E-state index in [9.17, 15) is 9.59 Å². The van der Waals surface area contributed by atoms with E-state index in [0.717, 1.165) is 32.0 Å². The Hall–Kier alpha value is -2.20. The van der Waals surface area contributed by atoms with Gasteiger partial charge in [0.15, 0.2) is 11.5 Å². The highest BCUT2D eigenvalue weighted by atomic mass is 127. The quantitative estimate of drug-likeness (QED) is 0.202. The molecule has 0 aromatic heterocycles. The molecule has 2 amide bonds. The van der Waals surface area contributed by atoms with E-state index in [2.05, 4.69) is 22.6 Å². The van der Waals surface area contributed by atoms with E-state index in [1.165, 1.54) is 4.90 Å². The van der Waals surface area contributed by atoms with Crippen molar-refractivity contribution < 1.29 is 19.1 Å². The zero-order valence-corrected chi connectivity index (χ0v) is 22.4. The van der Waals surface area contributed by atoms with Crippen LogP contribution >= 0.6 is 57.6 Å².